The minimum atomic E-state index is -4.06. The lowest BCUT2D eigenvalue weighted by atomic mass is 9.82. The Morgan fingerprint density at radius 2 is 1.82 bits per heavy atom. The number of aliphatic hydroxyl groups excluding tert-OH is 1. The van der Waals surface area contributed by atoms with Gasteiger partial charge in [-0.1, -0.05) is 24.3 Å². The quantitative estimate of drug-likeness (QED) is 0.421. The number of benzene rings is 3. The summed E-state index contributed by atoms with van der Waals surface area (Å²) >= 11 is 0. The first-order chi connectivity index (χ1) is 18.4. The predicted molar refractivity (Wildman–Crippen MR) is 140 cm³/mol. The largest absolute Gasteiger partial charge is 0.496 e. The smallest absolute Gasteiger partial charge is 0.339 e. The molecule has 200 valence electrons. The van der Waals surface area contributed by atoms with E-state index in [1.807, 2.05) is 18.2 Å². The lowest BCUT2D eigenvalue weighted by Crippen LogP contribution is -2.40. The van der Waals surface area contributed by atoms with E-state index in [1.54, 1.807) is 24.3 Å². The van der Waals surface area contributed by atoms with Gasteiger partial charge in [0.15, 0.2) is 11.5 Å². The van der Waals surface area contributed by atoms with Gasteiger partial charge in [0.1, 0.15) is 10.6 Å². The average molecular weight is 539 g/mol. The van der Waals surface area contributed by atoms with Crippen molar-refractivity contribution in [2.45, 2.75) is 30.3 Å². The van der Waals surface area contributed by atoms with Crippen molar-refractivity contribution in [3.8, 4) is 17.2 Å². The maximum Gasteiger partial charge on any atom is 0.339 e. The maximum absolute atomic E-state index is 13.1. The molecule has 0 fully saturated rings. The van der Waals surface area contributed by atoms with E-state index < -0.39 is 10.1 Å². The van der Waals surface area contributed by atoms with E-state index in [-0.39, 0.29) is 35.7 Å². The van der Waals surface area contributed by atoms with Crippen LogP contribution in [-0.2, 0) is 29.5 Å². The summed E-state index contributed by atoms with van der Waals surface area (Å²) in [5, 5.41) is 11.8. The maximum atomic E-state index is 13.1. The molecule has 0 spiro atoms. The summed E-state index contributed by atoms with van der Waals surface area (Å²) in [6.07, 6.45) is 1.36. The van der Waals surface area contributed by atoms with Crippen molar-refractivity contribution < 1.29 is 32.0 Å². The summed E-state index contributed by atoms with van der Waals surface area (Å²) in [5.74, 6) is 0.748. The fourth-order valence-corrected chi connectivity index (χ4v) is 6.23. The molecule has 3 aromatic carbocycles. The highest BCUT2D eigenvalue weighted by Crippen LogP contribution is 2.45. The Morgan fingerprint density at radius 1 is 1.05 bits per heavy atom. The molecule has 0 saturated heterocycles. The molecular weight excluding hydrogens is 508 g/mol. The normalized spacial score (nSPS) is 16.6. The Morgan fingerprint density at radius 3 is 2.53 bits per heavy atom. The van der Waals surface area contributed by atoms with Gasteiger partial charge in [-0.3, -0.25) is 9.69 Å². The summed E-state index contributed by atoms with van der Waals surface area (Å²) in [7, 11) is -1.04. The number of rotatable bonds is 8. The van der Waals surface area contributed by atoms with Gasteiger partial charge in [0.25, 0.3) is 5.91 Å². The number of nitrogens with zero attached hydrogens (tertiary/aromatic N) is 1. The minimum Gasteiger partial charge on any atom is -0.496 e. The van der Waals surface area contributed by atoms with Crippen LogP contribution in [0, 0.1) is 0 Å². The van der Waals surface area contributed by atoms with Gasteiger partial charge in [-0.05, 0) is 59.9 Å². The molecule has 2 heterocycles. The minimum absolute atomic E-state index is 0.00600. The zero-order chi connectivity index (χ0) is 26.9. The summed E-state index contributed by atoms with van der Waals surface area (Å²) in [6.45, 7) is 1.21. The molecule has 2 aliphatic heterocycles. The SMILES string of the molecule is COc1cc2c(cc1C(=O)NCCO)C1Cc3ccc(OC)c(OS(=O)(=O)c4ccccc4)c3CN1CC2. The number of carbonyl (C=O) groups is 1. The van der Waals surface area contributed by atoms with Crippen LogP contribution >= 0.6 is 0 Å². The van der Waals surface area contributed by atoms with Gasteiger partial charge in [0.05, 0.1) is 26.4 Å². The number of amides is 1. The molecule has 10 heteroatoms. The molecule has 0 aliphatic carbocycles. The summed E-state index contributed by atoms with van der Waals surface area (Å²) < 4.78 is 42.9. The number of carbonyl (C=O) groups excluding carboxylic acids is 1. The summed E-state index contributed by atoms with van der Waals surface area (Å²) in [6, 6.07) is 15.5. The van der Waals surface area contributed by atoms with Crippen LogP contribution in [0.1, 0.15) is 38.7 Å². The number of fused-ring (bicyclic) bond motifs is 4. The third-order valence-corrected chi connectivity index (χ3v) is 8.35. The summed E-state index contributed by atoms with van der Waals surface area (Å²) in [5.41, 5.74) is 4.30. The number of aliphatic hydroxyl groups is 1. The predicted octanol–water partition coefficient (Wildman–Crippen LogP) is 2.85. The van der Waals surface area contributed by atoms with Gasteiger partial charge < -0.3 is 24.1 Å². The van der Waals surface area contributed by atoms with Gasteiger partial charge in [-0.25, -0.2) is 0 Å². The first-order valence-corrected chi connectivity index (χ1v) is 13.8. The molecule has 3 aromatic rings. The highest BCUT2D eigenvalue weighted by molar-refractivity contribution is 7.87. The number of hydrogen-bond acceptors (Lipinski definition) is 8. The van der Waals surface area contributed by atoms with E-state index in [2.05, 4.69) is 10.2 Å². The fourth-order valence-electron chi connectivity index (χ4n) is 5.24. The van der Waals surface area contributed by atoms with Gasteiger partial charge in [0.2, 0.25) is 0 Å². The fraction of sp³-hybridized carbons (Fsp3) is 0.321. The number of ether oxygens (including phenoxy) is 2. The van der Waals surface area contributed by atoms with E-state index in [0.717, 1.165) is 35.2 Å². The molecule has 2 aliphatic rings. The highest BCUT2D eigenvalue weighted by Gasteiger charge is 2.36. The van der Waals surface area contributed by atoms with Crippen LogP contribution < -0.4 is 19.0 Å². The first-order valence-electron chi connectivity index (χ1n) is 12.4. The van der Waals surface area contributed by atoms with Crippen LogP contribution in [0.4, 0.5) is 0 Å². The Hall–Kier alpha value is -3.60. The molecule has 5 rings (SSSR count). The van der Waals surface area contributed by atoms with E-state index in [0.29, 0.717) is 30.0 Å². The zero-order valence-electron chi connectivity index (χ0n) is 21.3. The van der Waals surface area contributed by atoms with Gasteiger partial charge in [-0.15, -0.1) is 0 Å². The first kappa shape index (κ1) is 26.0. The average Bonchev–Trinajstić information content (AvgIpc) is 2.94. The number of methoxy groups -OCH3 is 2. The molecule has 2 N–H and O–H groups in total. The van der Waals surface area contributed by atoms with Gasteiger partial charge in [-0.2, -0.15) is 8.42 Å². The van der Waals surface area contributed by atoms with Crippen LogP contribution in [0.15, 0.2) is 59.5 Å². The number of hydrogen-bond donors (Lipinski definition) is 2. The molecule has 0 radical (unpaired) electrons. The molecule has 0 saturated carbocycles. The van der Waals surface area contributed by atoms with Crippen LogP contribution in [0.2, 0.25) is 0 Å². The van der Waals surface area contributed by atoms with Crippen molar-refractivity contribution in [2.24, 2.45) is 0 Å². The molecule has 38 heavy (non-hydrogen) atoms. The second-order valence-electron chi connectivity index (χ2n) is 9.26. The topological polar surface area (TPSA) is 114 Å². The van der Waals surface area contributed by atoms with E-state index >= 15 is 0 Å². The van der Waals surface area contributed by atoms with Crippen molar-refractivity contribution in [1.82, 2.24) is 10.2 Å². The van der Waals surface area contributed by atoms with Crippen LogP contribution in [0.25, 0.3) is 0 Å². The van der Waals surface area contributed by atoms with Crippen molar-refractivity contribution >= 4 is 16.0 Å². The second-order valence-corrected chi connectivity index (χ2v) is 10.8. The Labute approximate surface area is 222 Å². The summed E-state index contributed by atoms with van der Waals surface area (Å²) in [4.78, 5) is 15.1. The third-order valence-electron chi connectivity index (χ3n) is 7.11. The molecular formula is C28H30N2O7S. The Kier molecular flexibility index (Phi) is 7.29. The van der Waals surface area contributed by atoms with Crippen LogP contribution in [0.3, 0.4) is 0 Å². The van der Waals surface area contributed by atoms with Crippen molar-refractivity contribution in [1.29, 1.82) is 0 Å². The van der Waals surface area contributed by atoms with Gasteiger partial charge >= 0.3 is 10.1 Å². The monoisotopic (exact) mass is 538 g/mol. The standard InChI is InChI=1S/C28H30N2O7S/c1-35-25-9-8-18-14-24-21-16-22(28(32)29-11-13-31)26(36-2)15-19(21)10-12-30(24)17-23(18)27(25)37-38(33,34)20-6-4-3-5-7-20/h3-9,15-16,24,31H,10-14,17H2,1-2H3,(H,29,32). The molecule has 1 amide bonds. The Bertz CT molecular complexity index is 1460. The second kappa shape index (κ2) is 10.6. The van der Waals surface area contributed by atoms with Crippen LogP contribution in [0.5, 0.6) is 17.2 Å². The van der Waals surface area contributed by atoms with Crippen LogP contribution in [-0.4, -0.2) is 58.2 Å². The molecule has 9 nitrogen and oxygen atoms in total. The lowest BCUT2D eigenvalue weighted by molar-refractivity contribution is 0.0941. The Balaban J connectivity index is 1.52. The van der Waals surface area contributed by atoms with E-state index in [1.165, 1.54) is 26.4 Å². The number of nitrogens with one attached hydrogen (secondary N) is 1. The van der Waals surface area contributed by atoms with Crippen molar-refractivity contribution in [3.63, 3.8) is 0 Å². The van der Waals surface area contributed by atoms with E-state index in [9.17, 15) is 13.2 Å². The van der Waals surface area contributed by atoms with Gasteiger partial charge in [0, 0.05) is 31.2 Å². The third kappa shape index (κ3) is 4.82. The van der Waals surface area contributed by atoms with Crippen molar-refractivity contribution in [2.75, 3.05) is 33.9 Å². The molecule has 0 bridgehead atoms. The zero-order valence-corrected chi connectivity index (χ0v) is 22.1. The highest BCUT2D eigenvalue weighted by atomic mass is 32.2. The van der Waals surface area contributed by atoms with Crippen molar-refractivity contribution in [3.05, 3.63) is 82.4 Å². The molecule has 0 aromatic heterocycles. The molecule has 1 atom stereocenters. The lowest BCUT2D eigenvalue weighted by Gasteiger charge is -2.42. The van der Waals surface area contributed by atoms with E-state index in [4.69, 9.17) is 18.8 Å². The molecule has 1 unspecified atom stereocenters.